The summed E-state index contributed by atoms with van der Waals surface area (Å²) in [5, 5.41) is 10.1. The fraction of sp³-hybridized carbons (Fsp3) is 0.852. The molecule has 0 aromatic carbocycles. The highest BCUT2D eigenvalue weighted by Crippen LogP contribution is 2.58. The molecule has 0 aromatic heterocycles. The Bertz CT molecular complexity index is 940. The summed E-state index contributed by atoms with van der Waals surface area (Å²) in [6, 6.07) is 0. The Morgan fingerprint density at radius 1 is 1.18 bits per heavy atom. The minimum absolute atomic E-state index is 0.0956. The first-order chi connectivity index (χ1) is 15.2. The summed E-state index contributed by atoms with van der Waals surface area (Å²) >= 11 is 0. The third kappa shape index (κ3) is 4.59. The van der Waals surface area contributed by atoms with Gasteiger partial charge in [0.15, 0.2) is 18.2 Å². The van der Waals surface area contributed by atoms with Crippen LogP contribution in [-0.2, 0) is 14.3 Å². The van der Waals surface area contributed by atoms with Gasteiger partial charge in [-0.2, -0.15) is 0 Å². The van der Waals surface area contributed by atoms with Gasteiger partial charge in [-0.15, -0.1) is 0 Å². The van der Waals surface area contributed by atoms with Gasteiger partial charge < -0.3 is 9.53 Å². The number of hydrogen-bond donors (Lipinski definition) is 1. The van der Waals surface area contributed by atoms with Crippen molar-refractivity contribution in [3.8, 4) is 0 Å². The smallest absolute Gasteiger partial charge is 0.192 e. The number of sulfone groups is 1. The van der Waals surface area contributed by atoms with E-state index in [1.54, 1.807) is 0 Å². The minimum atomic E-state index is -3.19. The summed E-state index contributed by atoms with van der Waals surface area (Å²) < 4.78 is 33.4. The third-order valence-corrected chi connectivity index (χ3v) is 16.5. The Labute approximate surface area is 203 Å². The van der Waals surface area contributed by atoms with Gasteiger partial charge in [0.25, 0.3) is 0 Å². The molecular weight excluding hydrogens is 448 g/mol. The van der Waals surface area contributed by atoms with E-state index in [4.69, 9.17) is 4.43 Å². The first-order valence-electron chi connectivity index (χ1n) is 13.1. The van der Waals surface area contributed by atoms with Crippen LogP contribution >= 0.6 is 0 Å². The molecule has 188 valence electrons. The summed E-state index contributed by atoms with van der Waals surface area (Å²) in [6.07, 6.45) is 9.95. The standard InChI is InChI=1S/C27H46O4SSi/c1-18(28)23-12-13-24-19(9-8-14-27(23,24)5)15-25-22-16-21(31-33(6,7)26(2,3)4)11-10-20(22)17-32(25,29)30/h15,18,21,23-25,28H,8-14,16-17H2,1-7H3/t18-,21-,23+,24-,25?,27+/m0/s1. The maximum Gasteiger partial charge on any atom is 0.192 e. The van der Waals surface area contributed by atoms with E-state index >= 15 is 0 Å². The van der Waals surface area contributed by atoms with E-state index in [-0.39, 0.29) is 28.4 Å². The van der Waals surface area contributed by atoms with Gasteiger partial charge in [0.1, 0.15) is 5.25 Å². The lowest BCUT2D eigenvalue weighted by atomic mass is 9.62. The van der Waals surface area contributed by atoms with Crippen molar-refractivity contribution >= 4 is 18.2 Å². The molecule has 0 aromatic rings. The lowest BCUT2D eigenvalue weighted by Gasteiger charge is -2.43. The van der Waals surface area contributed by atoms with Crippen molar-refractivity contribution in [3.05, 3.63) is 22.8 Å². The maximum atomic E-state index is 13.3. The zero-order valence-corrected chi connectivity index (χ0v) is 23.7. The lowest BCUT2D eigenvalue weighted by molar-refractivity contribution is 0.0301. The topological polar surface area (TPSA) is 63.6 Å². The summed E-state index contributed by atoms with van der Waals surface area (Å²) in [7, 11) is -5.08. The normalized spacial score (nSPS) is 39.0. The first kappa shape index (κ1) is 25.7. The van der Waals surface area contributed by atoms with Gasteiger partial charge in [0.2, 0.25) is 0 Å². The van der Waals surface area contributed by atoms with Gasteiger partial charge in [0, 0.05) is 6.10 Å². The van der Waals surface area contributed by atoms with E-state index in [2.05, 4.69) is 46.9 Å². The zero-order chi connectivity index (χ0) is 24.4. The molecular formula is C27H46O4SSi. The predicted molar refractivity (Wildman–Crippen MR) is 138 cm³/mol. The number of aliphatic hydroxyl groups excluding tert-OH is 1. The number of fused-ring (bicyclic) bond motifs is 1. The highest BCUT2D eigenvalue weighted by Gasteiger charge is 2.51. The van der Waals surface area contributed by atoms with Crippen molar-refractivity contribution < 1.29 is 18.0 Å². The minimum Gasteiger partial charge on any atom is -0.414 e. The molecule has 0 saturated heterocycles. The lowest BCUT2D eigenvalue weighted by Crippen LogP contribution is -2.44. The van der Waals surface area contributed by atoms with Crippen molar-refractivity contribution in [2.24, 2.45) is 17.3 Å². The molecule has 6 atom stereocenters. The molecule has 3 aliphatic carbocycles. The number of aliphatic hydroxyl groups is 1. The van der Waals surface area contributed by atoms with Crippen molar-refractivity contribution in [1.29, 1.82) is 0 Å². The van der Waals surface area contributed by atoms with Crippen molar-refractivity contribution in [2.75, 3.05) is 5.75 Å². The molecule has 0 bridgehead atoms. The average molecular weight is 495 g/mol. The van der Waals surface area contributed by atoms with Gasteiger partial charge in [-0.05, 0) is 99.2 Å². The maximum absolute atomic E-state index is 13.3. The van der Waals surface area contributed by atoms with Crippen LogP contribution in [0.3, 0.4) is 0 Å². The second kappa shape index (κ2) is 8.60. The molecule has 4 aliphatic rings. The van der Waals surface area contributed by atoms with Crippen molar-refractivity contribution in [1.82, 2.24) is 0 Å². The van der Waals surface area contributed by atoms with Crippen molar-refractivity contribution in [2.45, 2.75) is 122 Å². The highest BCUT2D eigenvalue weighted by molar-refractivity contribution is 7.92. The predicted octanol–water partition coefficient (Wildman–Crippen LogP) is 6.18. The Balaban J connectivity index is 1.60. The van der Waals surface area contributed by atoms with Crippen LogP contribution in [-0.4, -0.2) is 45.1 Å². The molecule has 1 heterocycles. The van der Waals surface area contributed by atoms with Crippen LogP contribution in [0.15, 0.2) is 22.8 Å². The second-order valence-electron chi connectivity index (χ2n) is 13.2. The molecule has 0 radical (unpaired) electrons. The summed E-state index contributed by atoms with van der Waals surface area (Å²) in [5.74, 6) is 0.966. The van der Waals surface area contributed by atoms with Crippen LogP contribution in [0.5, 0.6) is 0 Å². The molecule has 33 heavy (non-hydrogen) atoms. The average Bonchev–Trinajstić information content (AvgIpc) is 3.15. The van der Waals surface area contributed by atoms with E-state index in [1.807, 2.05) is 6.92 Å². The molecule has 1 N–H and O–H groups in total. The molecule has 4 nitrogen and oxygen atoms in total. The number of rotatable bonds is 4. The largest absolute Gasteiger partial charge is 0.414 e. The Morgan fingerprint density at radius 3 is 2.52 bits per heavy atom. The summed E-state index contributed by atoms with van der Waals surface area (Å²) in [6.45, 7) is 15.7. The molecule has 6 heteroatoms. The third-order valence-electron chi connectivity index (χ3n) is 10.0. The van der Waals surface area contributed by atoms with Crippen molar-refractivity contribution in [3.63, 3.8) is 0 Å². The van der Waals surface area contributed by atoms with E-state index in [9.17, 15) is 13.5 Å². The van der Waals surface area contributed by atoms with Gasteiger partial charge in [-0.3, -0.25) is 0 Å². The Hall–Kier alpha value is -0.433. The van der Waals surface area contributed by atoms with Crippen LogP contribution < -0.4 is 0 Å². The molecule has 1 aliphatic heterocycles. The van der Waals surface area contributed by atoms with E-state index < -0.39 is 23.4 Å². The SMILES string of the molecule is C[C@H](O)[C@H]1CC[C@H]2C(=CC3C4=C(CC[C@H](O[Si](C)(C)C(C)(C)C)C4)CS3(=O)=O)CCC[C@]12C. The number of hydrogen-bond acceptors (Lipinski definition) is 4. The molecule has 2 saturated carbocycles. The first-order valence-corrected chi connectivity index (χ1v) is 17.8. The van der Waals surface area contributed by atoms with Crippen LogP contribution in [0.25, 0.3) is 0 Å². The van der Waals surface area contributed by atoms with Crippen LogP contribution in [0.2, 0.25) is 18.1 Å². The van der Waals surface area contributed by atoms with Gasteiger partial charge in [0.05, 0.1) is 11.9 Å². The fourth-order valence-electron chi connectivity index (χ4n) is 7.18. The summed E-state index contributed by atoms with van der Waals surface area (Å²) in [5.41, 5.74) is 3.76. The molecule has 1 unspecified atom stereocenters. The summed E-state index contributed by atoms with van der Waals surface area (Å²) in [4.78, 5) is 0. The van der Waals surface area contributed by atoms with E-state index in [0.717, 1.165) is 56.9 Å². The molecule has 0 spiro atoms. The van der Waals surface area contributed by atoms with Crippen LogP contribution in [0.4, 0.5) is 0 Å². The van der Waals surface area contributed by atoms with Crippen LogP contribution in [0.1, 0.15) is 86.0 Å². The quantitative estimate of drug-likeness (QED) is 0.374. The zero-order valence-electron chi connectivity index (χ0n) is 21.9. The Kier molecular flexibility index (Phi) is 6.68. The van der Waals surface area contributed by atoms with Crippen LogP contribution in [0, 0.1) is 17.3 Å². The van der Waals surface area contributed by atoms with E-state index in [1.165, 1.54) is 11.1 Å². The van der Waals surface area contributed by atoms with Gasteiger partial charge in [-0.25, -0.2) is 8.42 Å². The van der Waals surface area contributed by atoms with Gasteiger partial charge in [-0.1, -0.05) is 44.9 Å². The van der Waals surface area contributed by atoms with E-state index in [0.29, 0.717) is 11.8 Å². The molecule has 0 amide bonds. The molecule has 2 fully saturated rings. The van der Waals surface area contributed by atoms with Gasteiger partial charge >= 0.3 is 0 Å². The Morgan fingerprint density at radius 2 is 1.88 bits per heavy atom. The second-order valence-corrected chi connectivity index (χ2v) is 20.1. The highest BCUT2D eigenvalue weighted by atomic mass is 32.2. The monoisotopic (exact) mass is 494 g/mol. The fourth-order valence-corrected chi connectivity index (χ4v) is 10.6. The number of allylic oxidation sites excluding steroid dienone is 1. The molecule has 4 rings (SSSR count).